The van der Waals surface area contributed by atoms with E-state index in [-0.39, 0.29) is 29.9 Å². The second-order valence-electron chi connectivity index (χ2n) is 5.85. The Bertz CT molecular complexity index is 455. The molecular weight excluding hydrogens is 232 g/mol. The summed E-state index contributed by atoms with van der Waals surface area (Å²) < 4.78 is 11.1. The molecule has 0 aromatic rings. The number of hydrogen-bond acceptors (Lipinski definition) is 4. The molecule has 3 fully saturated rings. The molecule has 0 bridgehead atoms. The number of hydrogen-bond donors (Lipinski definition) is 0. The lowest BCUT2D eigenvalue weighted by molar-refractivity contribution is -0.345. The fraction of sp³-hybridized carbons (Fsp3) is 0.714. The third-order valence-electron chi connectivity index (χ3n) is 5.15. The maximum absolute atomic E-state index is 11.8. The van der Waals surface area contributed by atoms with Crippen LogP contribution in [0, 0.1) is 11.3 Å². The van der Waals surface area contributed by atoms with Crippen LogP contribution in [-0.4, -0.2) is 23.6 Å². The van der Waals surface area contributed by atoms with Crippen molar-refractivity contribution in [2.75, 3.05) is 0 Å². The van der Waals surface area contributed by atoms with Crippen LogP contribution in [0.2, 0.25) is 0 Å². The van der Waals surface area contributed by atoms with Crippen LogP contribution in [0.5, 0.6) is 0 Å². The van der Waals surface area contributed by atoms with Crippen LogP contribution in [-0.2, 0) is 19.1 Å². The molecule has 3 rings (SSSR count). The van der Waals surface area contributed by atoms with Gasteiger partial charge in [0.05, 0.1) is 11.8 Å². The van der Waals surface area contributed by atoms with Crippen LogP contribution in [0.1, 0.15) is 39.5 Å². The van der Waals surface area contributed by atoms with Crippen molar-refractivity contribution in [1.82, 2.24) is 0 Å². The summed E-state index contributed by atoms with van der Waals surface area (Å²) in [5, 5.41) is 0. The predicted molar refractivity (Wildman–Crippen MR) is 63.6 cm³/mol. The monoisotopic (exact) mass is 250 g/mol. The van der Waals surface area contributed by atoms with Gasteiger partial charge in [-0.1, -0.05) is 13.5 Å². The van der Waals surface area contributed by atoms with Crippen LogP contribution >= 0.6 is 0 Å². The van der Waals surface area contributed by atoms with Crippen LogP contribution < -0.4 is 0 Å². The predicted octanol–water partition coefficient (Wildman–Crippen LogP) is 1.98. The summed E-state index contributed by atoms with van der Waals surface area (Å²) in [5.41, 5.74) is -0.360. The minimum absolute atomic E-state index is 0.0552. The van der Waals surface area contributed by atoms with Gasteiger partial charge in [0.25, 0.3) is 0 Å². The minimum Gasteiger partial charge on any atom is -0.461 e. The minimum atomic E-state index is -0.624. The first-order valence-corrected chi connectivity index (χ1v) is 6.53. The molecule has 4 nitrogen and oxygen atoms in total. The van der Waals surface area contributed by atoms with Gasteiger partial charge in [-0.3, -0.25) is 4.79 Å². The zero-order valence-electron chi connectivity index (χ0n) is 10.8. The first kappa shape index (κ1) is 11.8. The molecule has 1 aliphatic heterocycles. The smallest absolute Gasteiger partial charge is 0.333 e. The van der Waals surface area contributed by atoms with Crippen LogP contribution in [0.15, 0.2) is 12.2 Å². The van der Waals surface area contributed by atoms with E-state index >= 15 is 0 Å². The molecule has 0 spiro atoms. The molecule has 1 saturated heterocycles. The second kappa shape index (κ2) is 3.37. The van der Waals surface area contributed by atoms with Gasteiger partial charge in [-0.05, 0) is 32.1 Å². The molecule has 0 aromatic carbocycles. The van der Waals surface area contributed by atoms with E-state index < -0.39 is 5.60 Å². The van der Waals surface area contributed by atoms with Gasteiger partial charge in [0.15, 0.2) is 0 Å². The van der Waals surface area contributed by atoms with E-state index in [0.717, 1.165) is 19.3 Å². The molecule has 3 aliphatic rings. The molecule has 4 unspecified atom stereocenters. The SMILES string of the molecule is C=C(C)C(=O)OC12CC(=O)OC3CC(C1)C32CC. The van der Waals surface area contributed by atoms with Crippen LogP contribution in [0.4, 0.5) is 0 Å². The van der Waals surface area contributed by atoms with E-state index in [2.05, 4.69) is 13.5 Å². The maximum atomic E-state index is 11.8. The third-order valence-corrected chi connectivity index (χ3v) is 5.15. The van der Waals surface area contributed by atoms with Gasteiger partial charge in [-0.25, -0.2) is 4.79 Å². The van der Waals surface area contributed by atoms with Gasteiger partial charge in [-0.15, -0.1) is 0 Å². The standard InChI is InChI=1S/C14H18O4/c1-4-14-9-5-10(14)17-11(15)7-13(14,6-9)18-12(16)8(2)3/h9-10H,2,4-7H2,1,3H3. The topological polar surface area (TPSA) is 52.6 Å². The Kier molecular flexibility index (Phi) is 2.20. The normalized spacial score (nSPS) is 44.0. The summed E-state index contributed by atoms with van der Waals surface area (Å²) in [7, 11) is 0. The Balaban J connectivity index is 1.91. The summed E-state index contributed by atoms with van der Waals surface area (Å²) in [4.78, 5) is 23.5. The van der Waals surface area contributed by atoms with Crippen molar-refractivity contribution >= 4 is 11.9 Å². The lowest BCUT2D eigenvalue weighted by Gasteiger charge is -2.73. The van der Waals surface area contributed by atoms with Crippen molar-refractivity contribution in [2.24, 2.45) is 11.3 Å². The number of carbonyl (C=O) groups excluding carboxylic acids is 2. The van der Waals surface area contributed by atoms with Crippen molar-refractivity contribution in [3.05, 3.63) is 12.2 Å². The third kappa shape index (κ3) is 1.11. The summed E-state index contributed by atoms with van der Waals surface area (Å²) in [5.74, 6) is -0.0862. The van der Waals surface area contributed by atoms with Crippen molar-refractivity contribution in [2.45, 2.75) is 51.2 Å². The summed E-state index contributed by atoms with van der Waals surface area (Å²) in [6.07, 6.45) is 2.75. The van der Waals surface area contributed by atoms with E-state index in [1.165, 1.54) is 0 Å². The van der Waals surface area contributed by atoms with Crippen molar-refractivity contribution in [3.8, 4) is 0 Å². The van der Waals surface area contributed by atoms with E-state index in [4.69, 9.17) is 9.47 Å². The molecular formula is C14H18O4. The molecule has 1 heterocycles. The van der Waals surface area contributed by atoms with Gasteiger partial charge in [0.1, 0.15) is 11.7 Å². The Morgan fingerprint density at radius 2 is 2.33 bits per heavy atom. The number of rotatable bonds is 3. The van der Waals surface area contributed by atoms with E-state index in [1.807, 2.05) is 0 Å². The van der Waals surface area contributed by atoms with Gasteiger partial charge < -0.3 is 9.47 Å². The van der Waals surface area contributed by atoms with Gasteiger partial charge in [0, 0.05) is 5.57 Å². The molecule has 18 heavy (non-hydrogen) atoms. The van der Waals surface area contributed by atoms with E-state index in [0.29, 0.717) is 11.5 Å². The fourth-order valence-electron chi connectivity index (χ4n) is 4.27. The van der Waals surface area contributed by atoms with Crippen molar-refractivity contribution in [3.63, 3.8) is 0 Å². The highest BCUT2D eigenvalue weighted by molar-refractivity contribution is 5.88. The summed E-state index contributed by atoms with van der Waals surface area (Å²) in [6, 6.07) is 0. The molecule has 4 atom stereocenters. The number of esters is 2. The summed E-state index contributed by atoms with van der Waals surface area (Å²) >= 11 is 0. The van der Waals surface area contributed by atoms with Crippen molar-refractivity contribution < 1.29 is 19.1 Å². The second-order valence-corrected chi connectivity index (χ2v) is 5.85. The Morgan fingerprint density at radius 1 is 1.61 bits per heavy atom. The lowest BCUT2D eigenvalue weighted by Crippen LogP contribution is -2.80. The first-order valence-electron chi connectivity index (χ1n) is 6.53. The van der Waals surface area contributed by atoms with Crippen LogP contribution in [0.3, 0.4) is 0 Å². The lowest BCUT2D eigenvalue weighted by atomic mass is 9.36. The first-order chi connectivity index (χ1) is 8.45. The van der Waals surface area contributed by atoms with E-state index in [9.17, 15) is 9.59 Å². The largest absolute Gasteiger partial charge is 0.461 e. The zero-order valence-corrected chi connectivity index (χ0v) is 10.8. The average Bonchev–Trinajstić information content (AvgIpc) is 2.24. The molecule has 0 aromatic heterocycles. The zero-order chi connectivity index (χ0) is 13.1. The Labute approximate surface area is 106 Å². The number of carbonyl (C=O) groups is 2. The Morgan fingerprint density at radius 3 is 2.89 bits per heavy atom. The highest BCUT2D eigenvalue weighted by Crippen LogP contribution is 2.73. The maximum Gasteiger partial charge on any atom is 0.333 e. The molecule has 2 saturated carbocycles. The van der Waals surface area contributed by atoms with Crippen molar-refractivity contribution in [1.29, 1.82) is 0 Å². The quantitative estimate of drug-likeness (QED) is 0.567. The highest BCUT2D eigenvalue weighted by Gasteiger charge is 2.79. The van der Waals surface area contributed by atoms with Gasteiger partial charge in [-0.2, -0.15) is 0 Å². The molecule has 0 N–H and O–H groups in total. The molecule has 2 aliphatic carbocycles. The molecule has 0 amide bonds. The molecule has 0 radical (unpaired) electrons. The van der Waals surface area contributed by atoms with Gasteiger partial charge in [0.2, 0.25) is 0 Å². The fourth-order valence-corrected chi connectivity index (χ4v) is 4.27. The average molecular weight is 250 g/mol. The van der Waals surface area contributed by atoms with Crippen LogP contribution in [0.25, 0.3) is 0 Å². The molecule has 4 heteroatoms. The summed E-state index contributed by atoms with van der Waals surface area (Å²) in [6.45, 7) is 7.32. The van der Waals surface area contributed by atoms with Gasteiger partial charge >= 0.3 is 11.9 Å². The number of ether oxygens (including phenoxy) is 2. The highest BCUT2D eigenvalue weighted by atomic mass is 16.6. The Hall–Kier alpha value is -1.32. The molecule has 98 valence electrons. The van der Waals surface area contributed by atoms with E-state index in [1.54, 1.807) is 6.92 Å².